The Kier molecular flexibility index (Phi) is 2.32. The zero-order valence-electron chi connectivity index (χ0n) is 8.83. The molecule has 2 heteroatoms. The van der Waals surface area contributed by atoms with E-state index < -0.39 is 0 Å². The van der Waals surface area contributed by atoms with E-state index in [1.807, 2.05) is 6.07 Å². The van der Waals surface area contributed by atoms with Gasteiger partial charge in [-0.1, -0.05) is 18.2 Å². The second-order valence-corrected chi connectivity index (χ2v) is 6.69. The third-order valence-electron chi connectivity index (χ3n) is 2.74. The molecule has 0 amide bonds. The van der Waals surface area contributed by atoms with Crippen molar-refractivity contribution in [2.75, 3.05) is 0 Å². The predicted octanol–water partition coefficient (Wildman–Crippen LogP) is -0.00200. The lowest BCUT2D eigenvalue weighted by Crippen LogP contribution is -3.61. The maximum Gasteiger partial charge on any atom is 0.359 e. The number of hydrogen-bond donors (Lipinski definition) is 0. The first-order valence-corrected chi connectivity index (χ1v) is 7.30. The van der Waals surface area contributed by atoms with Crippen molar-refractivity contribution in [3.05, 3.63) is 55.2 Å². The lowest BCUT2D eigenvalue weighted by molar-refractivity contribution is -0.589. The van der Waals surface area contributed by atoms with Crippen LogP contribution in [0.4, 0.5) is 0 Å². The number of carbonyl (C=O) groups is 1. The van der Waals surface area contributed by atoms with E-state index in [9.17, 15) is 4.79 Å². The highest BCUT2D eigenvalue weighted by molar-refractivity contribution is 5.94. The van der Waals surface area contributed by atoms with Crippen LogP contribution in [-0.4, -0.2) is 5.78 Å². The number of carbonyl (C=O) groups excluding carboxylic acids is 1. The third-order valence-corrected chi connectivity index (χ3v) is 5.74. The van der Waals surface area contributed by atoms with E-state index in [0.29, 0.717) is 0 Å². The fraction of sp³-hybridized carbons (Fsp3) is 0.0714. The topological polar surface area (TPSA) is 17.1 Å². The molecule has 16 heavy (non-hydrogen) atoms. The minimum absolute atomic E-state index is 0.0918. The van der Waals surface area contributed by atoms with Gasteiger partial charge < -0.3 is 0 Å². The van der Waals surface area contributed by atoms with Gasteiger partial charge in [0.25, 0.3) is 0 Å². The summed E-state index contributed by atoms with van der Waals surface area (Å²) in [5, 5.41) is 0. The lowest BCUT2D eigenvalue weighted by Gasteiger charge is -1.96. The molecule has 0 saturated carbocycles. The van der Waals surface area contributed by atoms with Crippen molar-refractivity contribution in [1.82, 2.24) is 0 Å². The van der Waals surface area contributed by atoms with Crippen LogP contribution in [0.3, 0.4) is 0 Å². The summed E-state index contributed by atoms with van der Waals surface area (Å²) in [4.78, 5) is 11.3. The smallest absolute Gasteiger partial charge is 0.295 e. The molecular formula is C14H10IO+. The molecule has 0 aliphatic carbocycles. The van der Waals surface area contributed by atoms with Crippen molar-refractivity contribution in [2.45, 2.75) is 6.92 Å². The van der Waals surface area contributed by atoms with E-state index in [2.05, 4.69) is 36.4 Å². The van der Waals surface area contributed by atoms with Crippen molar-refractivity contribution in [2.24, 2.45) is 0 Å². The number of fused-ring (bicyclic) bond motifs is 3. The van der Waals surface area contributed by atoms with Crippen molar-refractivity contribution < 1.29 is 26.0 Å². The Morgan fingerprint density at radius 2 is 1.75 bits per heavy atom. The average Bonchev–Trinajstić information content (AvgIpc) is 2.66. The van der Waals surface area contributed by atoms with Gasteiger partial charge in [-0.15, -0.1) is 0 Å². The normalized spacial score (nSPS) is 12.1. The van der Waals surface area contributed by atoms with E-state index in [0.717, 1.165) is 5.56 Å². The molecule has 0 radical (unpaired) electrons. The van der Waals surface area contributed by atoms with Crippen molar-refractivity contribution >= 4 is 5.78 Å². The van der Waals surface area contributed by atoms with Crippen LogP contribution in [0.2, 0.25) is 0 Å². The summed E-state index contributed by atoms with van der Waals surface area (Å²) in [6, 6.07) is 14.7. The van der Waals surface area contributed by atoms with Gasteiger partial charge in [0.15, 0.2) is 5.78 Å². The zero-order chi connectivity index (χ0) is 11.1. The minimum atomic E-state index is -0.0918. The molecule has 0 saturated heterocycles. The number of rotatable bonds is 1. The van der Waals surface area contributed by atoms with Crippen molar-refractivity contribution in [3.8, 4) is 11.1 Å². The highest BCUT2D eigenvalue weighted by atomic mass is 127. The molecule has 1 aliphatic heterocycles. The Morgan fingerprint density at radius 1 is 1.00 bits per heavy atom. The van der Waals surface area contributed by atoms with Crippen molar-refractivity contribution in [3.63, 3.8) is 0 Å². The minimum Gasteiger partial charge on any atom is -0.295 e. The molecule has 78 valence electrons. The number of ketones is 1. The van der Waals surface area contributed by atoms with Crippen LogP contribution < -0.4 is 21.2 Å². The van der Waals surface area contributed by atoms with E-state index >= 15 is 0 Å². The fourth-order valence-corrected chi connectivity index (χ4v) is 4.93. The molecule has 0 N–H and O–H groups in total. The molecule has 0 aromatic heterocycles. The van der Waals surface area contributed by atoms with Crippen molar-refractivity contribution in [1.29, 1.82) is 0 Å². The van der Waals surface area contributed by atoms with Gasteiger partial charge in [-0.25, -0.2) is 0 Å². The van der Waals surface area contributed by atoms with Crippen LogP contribution in [-0.2, 0) is 0 Å². The Balaban J connectivity index is 2.18. The van der Waals surface area contributed by atoms with Crippen LogP contribution in [0.5, 0.6) is 0 Å². The molecule has 0 unspecified atom stereocenters. The first-order chi connectivity index (χ1) is 7.75. The highest BCUT2D eigenvalue weighted by Gasteiger charge is 2.33. The lowest BCUT2D eigenvalue weighted by atomic mass is 10.0. The third kappa shape index (κ3) is 1.48. The van der Waals surface area contributed by atoms with E-state index in [1.54, 1.807) is 6.92 Å². The molecule has 3 rings (SSSR count). The summed E-state index contributed by atoms with van der Waals surface area (Å²) in [5.74, 6) is 0.155. The largest absolute Gasteiger partial charge is 0.359 e. The van der Waals surface area contributed by atoms with Gasteiger partial charge in [0.1, 0.15) is 0 Å². The molecule has 0 fully saturated rings. The SMILES string of the molecule is CC(=O)c1ccc2c(c1)[I+]c1ccccc1-2. The van der Waals surface area contributed by atoms with Crippen LogP contribution in [0.15, 0.2) is 42.5 Å². The van der Waals surface area contributed by atoms with E-state index in [4.69, 9.17) is 0 Å². The summed E-state index contributed by atoms with van der Waals surface area (Å²) < 4.78 is 2.85. The molecule has 0 spiro atoms. The molecule has 0 atom stereocenters. The Bertz CT molecular complexity index is 587. The number of Topliss-reactive ketones (excluding diaryl/α,β-unsaturated/α-hetero) is 1. The summed E-state index contributed by atoms with van der Waals surface area (Å²) in [5.41, 5.74) is 3.53. The number of hydrogen-bond acceptors (Lipinski definition) is 1. The standard InChI is InChI=1S/C14H10IO/c1-9(16)10-6-7-12-11-4-2-3-5-13(11)15-14(12)8-10/h2-8H,1H3/q+1. The molecule has 1 nitrogen and oxygen atoms in total. The van der Waals surface area contributed by atoms with E-state index in [-0.39, 0.29) is 27.0 Å². The Morgan fingerprint density at radius 3 is 2.56 bits per heavy atom. The summed E-state index contributed by atoms with van der Waals surface area (Å²) in [7, 11) is 0. The monoisotopic (exact) mass is 321 g/mol. The average molecular weight is 321 g/mol. The summed E-state index contributed by atoms with van der Waals surface area (Å²) in [6.45, 7) is 1.63. The Labute approximate surface area is 105 Å². The number of benzene rings is 2. The van der Waals surface area contributed by atoms with Crippen LogP contribution in [0.1, 0.15) is 17.3 Å². The Hall–Kier alpha value is -1.16. The fourth-order valence-electron chi connectivity index (χ4n) is 1.90. The highest BCUT2D eigenvalue weighted by Crippen LogP contribution is 2.22. The maximum atomic E-state index is 11.3. The first-order valence-electron chi connectivity index (χ1n) is 5.15. The summed E-state index contributed by atoms with van der Waals surface area (Å²) in [6.07, 6.45) is 0. The summed E-state index contributed by atoms with van der Waals surface area (Å²) >= 11 is -0.0918. The molecule has 2 aromatic carbocycles. The van der Waals surface area contributed by atoms with E-state index in [1.165, 1.54) is 18.3 Å². The van der Waals surface area contributed by atoms with Gasteiger partial charge in [-0.05, 0) is 25.1 Å². The first kappa shape index (κ1) is 10.0. The van der Waals surface area contributed by atoms with Crippen LogP contribution in [0.25, 0.3) is 11.1 Å². The van der Waals surface area contributed by atoms with Gasteiger partial charge in [0.05, 0.1) is 0 Å². The predicted molar refractivity (Wildman–Crippen MR) is 59.3 cm³/mol. The molecule has 1 heterocycles. The van der Waals surface area contributed by atoms with Gasteiger partial charge in [0, 0.05) is 22.8 Å². The van der Waals surface area contributed by atoms with Crippen LogP contribution >= 0.6 is 0 Å². The molecule has 2 aromatic rings. The maximum absolute atomic E-state index is 11.3. The quantitative estimate of drug-likeness (QED) is 0.455. The number of halogens is 1. The molecular weight excluding hydrogens is 311 g/mol. The molecule has 0 bridgehead atoms. The second kappa shape index (κ2) is 3.70. The van der Waals surface area contributed by atoms with Gasteiger partial charge in [0.2, 0.25) is 7.14 Å². The van der Waals surface area contributed by atoms with Crippen LogP contribution in [0, 0.1) is 7.14 Å². The zero-order valence-corrected chi connectivity index (χ0v) is 11.0. The van der Waals surface area contributed by atoms with Gasteiger partial charge in [-0.2, -0.15) is 0 Å². The molecule has 1 aliphatic rings. The second-order valence-electron chi connectivity index (χ2n) is 3.83. The van der Waals surface area contributed by atoms with Gasteiger partial charge in [-0.3, -0.25) is 4.79 Å². The van der Waals surface area contributed by atoms with Gasteiger partial charge >= 0.3 is 21.2 Å².